The fourth-order valence-corrected chi connectivity index (χ4v) is 1.49. The highest BCUT2D eigenvalue weighted by molar-refractivity contribution is 6.02. The molecule has 0 aliphatic carbocycles. The first kappa shape index (κ1) is 11.5. The largest absolute Gasteiger partial charge is 0.494 e. The van der Waals surface area contributed by atoms with Crippen LogP contribution < -0.4 is 11.1 Å². The minimum atomic E-state index is -0.328. The zero-order chi connectivity index (χ0) is 12.1. The number of hydrogen-bond acceptors (Lipinski definition) is 4. The fourth-order valence-electron chi connectivity index (χ4n) is 1.49. The molecule has 3 N–H and O–H groups in total. The molecule has 0 spiro atoms. The Morgan fingerprint density at radius 1 is 1.35 bits per heavy atom. The van der Waals surface area contributed by atoms with E-state index in [-0.39, 0.29) is 11.7 Å². The number of para-hydroxylation sites is 1. The van der Waals surface area contributed by atoms with Gasteiger partial charge in [-0.05, 0) is 11.6 Å². The van der Waals surface area contributed by atoms with Crippen molar-refractivity contribution in [1.82, 2.24) is 0 Å². The fraction of sp³-hybridized carbons (Fsp3) is 0.250. The van der Waals surface area contributed by atoms with Crippen LogP contribution in [0.1, 0.15) is 5.56 Å². The monoisotopic (exact) mass is 234 g/mol. The number of nitrogens with two attached hydrogens (primary N) is 1. The molecule has 5 nitrogen and oxygen atoms in total. The lowest BCUT2D eigenvalue weighted by Gasteiger charge is -2.16. The summed E-state index contributed by atoms with van der Waals surface area (Å²) < 4.78 is 10.2. The van der Waals surface area contributed by atoms with Crippen molar-refractivity contribution >= 4 is 11.6 Å². The van der Waals surface area contributed by atoms with Crippen molar-refractivity contribution in [3.63, 3.8) is 0 Å². The van der Waals surface area contributed by atoms with E-state index < -0.39 is 0 Å². The van der Waals surface area contributed by atoms with Gasteiger partial charge in [-0.1, -0.05) is 18.2 Å². The van der Waals surface area contributed by atoms with Gasteiger partial charge >= 0.3 is 0 Å². The Bertz CT molecular complexity index is 443. The molecule has 1 aliphatic heterocycles. The molecule has 1 aliphatic rings. The Balaban J connectivity index is 2.09. The van der Waals surface area contributed by atoms with Gasteiger partial charge in [-0.3, -0.25) is 4.79 Å². The molecule has 0 saturated heterocycles. The van der Waals surface area contributed by atoms with Crippen molar-refractivity contribution in [3.05, 3.63) is 41.9 Å². The third-order valence-electron chi connectivity index (χ3n) is 2.36. The number of rotatable bonds is 3. The Hall–Kier alpha value is -2.01. The van der Waals surface area contributed by atoms with Gasteiger partial charge in [0.05, 0.1) is 0 Å². The van der Waals surface area contributed by atoms with Gasteiger partial charge in [0, 0.05) is 12.2 Å². The van der Waals surface area contributed by atoms with Gasteiger partial charge in [0.25, 0.3) is 5.91 Å². The summed E-state index contributed by atoms with van der Waals surface area (Å²) in [5.74, 6) is -0.145. The quantitative estimate of drug-likeness (QED) is 0.817. The SMILES string of the molecule is NCc1ccccc1NC(=O)C1=COCCO1. The average molecular weight is 234 g/mol. The number of hydrogen-bond donors (Lipinski definition) is 2. The molecule has 0 unspecified atom stereocenters. The van der Waals surface area contributed by atoms with Crippen LogP contribution in [-0.2, 0) is 20.8 Å². The van der Waals surface area contributed by atoms with E-state index >= 15 is 0 Å². The second kappa shape index (κ2) is 5.36. The first-order valence-corrected chi connectivity index (χ1v) is 5.35. The van der Waals surface area contributed by atoms with Gasteiger partial charge in [0.15, 0.2) is 0 Å². The zero-order valence-electron chi connectivity index (χ0n) is 9.31. The number of benzene rings is 1. The molecule has 2 rings (SSSR count). The molecular formula is C12H14N2O3. The molecule has 1 amide bonds. The van der Waals surface area contributed by atoms with Crippen molar-refractivity contribution in [2.45, 2.75) is 6.54 Å². The average Bonchev–Trinajstić information content (AvgIpc) is 2.40. The molecule has 0 fully saturated rings. The summed E-state index contributed by atoms with van der Waals surface area (Å²) in [5.41, 5.74) is 7.15. The molecule has 5 heteroatoms. The first-order valence-electron chi connectivity index (χ1n) is 5.35. The predicted molar refractivity (Wildman–Crippen MR) is 63.0 cm³/mol. The summed E-state index contributed by atoms with van der Waals surface area (Å²) in [6.07, 6.45) is 1.32. The Morgan fingerprint density at radius 3 is 2.88 bits per heavy atom. The van der Waals surface area contributed by atoms with E-state index in [2.05, 4.69) is 5.32 Å². The van der Waals surface area contributed by atoms with E-state index in [0.717, 1.165) is 5.56 Å². The van der Waals surface area contributed by atoms with Crippen LogP contribution in [-0.4, -0.2) is 19.1 Å². The molecule has 1 aromatic rings. The van der Waals surface area contributed by atoms with Gasteiger partial charge in [0.1, 0.15) is 19.5 Å². The molecule has 0 aromatic heterocycles. The lowest BCUT2D eigenvalue weighted by molar-refractivity contribution is -0.117. The van der Waals surface area contributed by atoms with Crippen LogP contribution in [0, 0.1) is 0 Å². The topological polar surface area (TPSA) is 73.6 Å². The second-order valence-corrected chi connectivity index (χ2v) is 3.52. The van der Waals surface area contributed by atoms with Crippen molar-refractivity contribution in [3.8, 4) is 0 Å². The molecule has 17 heavy (non-hydrogen) atoms. The van der Waals surface area contributed by atoms with Crippen molar-refractivity contribution in [2.75, 3.05) is 18.5 Å². The Morgan fingerprint density at radius 2 is 2.18 bits per heavy atom. The number of amides is 1. The summed E-state index contributed by atoms with van der Waals surface area (Å²) in [4.78, 5) is 11.8. The predicted octanol–water partition coefficient (Wildman–Crippen LogP) is 0.972. The van der Waals surface area contributed by atoms with E-state index in [1.165, 1.54) is 6.26 Å². The van der Waals surface area contributed by atoms with Crippen LogP contribution >= 0.6 is 0 Å². The normalized spacial score (nSPS) is 14.3. The Kier molecular flexibility index (Phi) is 3.62. The lowest BCUT2D eigenvalue weighted by Crippen LogP contribution is -2.21. The van der Waals surface area contributed by atoms with Crippen LogP contribution in [0.15, 0.2) is 36.3 Å². The highest BCUT2D eigenvalue weighted by Crippen LogP contribution is 2.16. The summed E-state index contributed by atoms with van der Waals surface area (Å²) in [6.45, 7) is 1.22. The van der Waals surface area contributed by atoms with Crippen molar-refractivity contribution < 1.29 is 14.3 Å². The van der Waals surface area contributed by atoms with Crippen LogP contribution in [0.5, 0.6) is 0 Å². The van der Waals surface area contributed by atoms with Gasteiger partial charge in [-0.2, -0.15) is 0 Å². The smallest absolute Gasteiger partial charge is 0.294 e. The van der Waals surface area contributed by atoms with Gasteiger partial charge in [-0.15, -0.1) is 0 Å². The summed E-state index contributed by atoms with van der Waals surface area (Å²) in [6, 6.07) is 7.37. The first-order chi connectivity index (χ1) is 8.31. The van der Waals surface area contributed by atoms with Gasteiger partial charge in [-0.25, -0.2) is 0 Å². The van der Waals surface area contributed by atoms with E-state index in [1.807, 2.05) is 18.2 Å². The number of anilines is 1. The summed E-state index contributed by atoms with van der Waals surface area (Å²) >= 11 is 0. The molecule has 0 atom stereocenters. The minimum absolute atomic E-state index is 0.183. The summed E-state index contributed by atoms with van der Waals surface area (Å²) in [5, 5.41) is 2.74. The van der Waals surface area contributed by atoms with E-state index in [4.69, 9.17) is 15.2 Å². The highest BCUT2D eigenvalue weighted by atomic mass is 16.6. The second-order valence-electron chi connectivity index (χ2n) is 3.52. The number of carbonyl (C=O) groups is 1. The van der Waals surface area contributed by atoms with Crippen LogP contribution in [0.3, 0.4) is 0 Å². The number of ether oxygens (including phenoxy) is 2. The van der Waals surface area contributed by atoms with Crippen LogP contribution in [0.4, 0.5) is 5.69 Å². The number of carbonyl (C=O) groups excluding carboxylic acids is 1. The highest BCUT2D eigenvalue weighted by Gasteiger charge is 2.15. The Labute approximate surface area is 99.2 Å². The van der Waals surface area contributed by atoms with Crippen LogP contribution in [0.25, 0.3) is 0 Å². The zero-order valence-corrected chi connectivity index (χ0v) is 9.31. The van der Waals surface area contributed by atoms with E-state index in [9.17, 15) is 4.79 Å². The standard InChI is InChI=1S/C12H14N2O3/c13-7-9-3-1-2-4-10(9)14-12(15)11-8-16-5-6-17-11/h1-4,8H,5-7,13H2,(H,14,15). The molecule has 0 saturated carbocycles. The minimum Gasteiger partial charge on any atom is -0.494 e. The molecular weight excluding hydrogens is 220 g/mol. The van der Waals surface area contributed by atoms with Crippen LogP contribution in [0.2, 0.25) is 0 Å². The van der Waals surface area contributed by atoms with Crippen molar-refractivity contribution in [2.24, 2.45) is 5.73 Å². The van der Waals surface area contributed by atoms with Gasteiger partial charge in [0.2, 0.25) is 5.76 Å². The van der Waals surface area contributed by atoms with Gasteiger partial charge < -0.3 is 20.5 Å². The molecule has 90 valence electrons. The maximum atomic E-state index is 11.8. The third kappa shape index (κ3) is 2.76. The maximum absolute atomic E-state index is 11.8. The summed E-state index contributed by atoms with van der Waals surface area (Å²) in [7, 11) is 0. The molecule has 1 heterocycles. The number of nitrogens with one attached hydrogen (secondary N) is 1. The lowest BCUT2D eigenvalue weighted by atomic mass is 10.2. The molecule has 0 bridgehead atoms. The van der Waals surface area contributed by atoms with E-state index in [0.29, 0.717) is 25.4 Å². The molecule has 1 aromatic carbocycles. The third-order valence-corrected chi connectivity index (χ3v) is 2.36. The maximum Gasteiger partial charge on any atom is 0.294 e. The van der Waals surface area contributed by atoms with Crippen molar-refractivity contribution in [1.29, 1.82) is 0 Å². The van der Waals surface area contributed by atoms with E-state index in [1.54, 1.807) is 6.07 Å². The molecule has 0 radical (unpaired) electrons.